The average molecular weight is 327 g/mol. The molecule has 1 atom stereocenters. The van der Waals surface area contributed by atoms with Crippen LogP contribution in [0.15, 0.2) is 53.0 Å². The van der Waals surface area contributed by atoms with Gasteiger partial charge in [0.05, 0.1) is 5.02 Å². The number of ether oxygens (including phenoxy) is 1. The first-order chi connectivity index (χ1) is 8.70. The molecule has 0 fully saturated rings. The van der Waals surface area contributed by atoms with Gasteiger partial charge < -0.3 is 10.5 Å². The van der Waals surface area contributed by atoms with Gasteiger partial charge in [0.1, 0.15) is 11.9 Å². The summed E-state index contributed by atoms with van der Waals surface area (Å²) in [5.41, 5.74) is 6.80. The van der Waals surface area contributed by atoms with E-state index < -0.39 is 0 Å². The van der Waals surface area contributed by atoms with Crippen molar-refractivity contribution in [3.05, 3.63) is 63.6 Å². The molecule has 2 rings (SSSR count). The van der Waals surface area contributed by atoms with Crippen molar-refractivity contribution < 1.29 is 4.74 Å². The van der Waals surface area contributed by atoms with Gasteiger partial charge in [-0.3, -0.25) is 0 Å². The van der Waals surface area contributed by atoms with E-state index in [9.17, 15) is 0 Å². The van der Waals surface area contributed by atoms with Crippen molar-refractivity contribution in [2.24, 2.45) is 5.73 Å². The van der Waals surface area contributed by atoms with E-state index in [2.05, 4.69) is 15.9 Å². The van der Waals surface area contributed by atoms with Crippen molar-refractivity contribution in [2.45, 2.75) is 6.10 Å². The number of halogens is 2. The first-order valence-corrected chi connectivity index (χ1v) is 6.74. The van der Waals surface area contributed by atoms with Crippen LogP contribution >= 0.6 is 27.5 Å². The Bertz CT molecular complexity index is 518. The van der Waals surface area contributed by atoms with E-state index in [1.165, 1.54) is 0 Å². The van der Waals surface area contributed by atoms with Gasteiger partial charge in [-0.15, -0.1) is 0 Å². The second kappa shape index (κ2) is 6.23. The predicted molar refractivity (Wildman–Crippen MR) is 78.0 cm³/mol. The van der Waals surface area contributed by atoms with Crippen LogP contribution in [-0.2, 0) is 0 Å². The van der Waals surface area contributed by atoms with E-state index in [4.69, 9.17) is 22.1 Å². The van der Waals surface area contributed by atoms with Gasteiger partial charge >= 0.3 is 0 Å². The zero-order valence-corrected chi connectivity index (χ0v) is 12.0. The van der Waals surface area contributed by atoms with Gasteiger partial charge in [-0.2, -0.15) is 0 Å². The SMILES string of the molecule is NCC(Oc1ccc(Br)cc1Cl)c1ccccc1. The lowest BCUT2D eigenvalue weighted by Gasteiger charge is -2.18. The van der Waals surface area contributed by atoms with Crippen molar-refractivity contribution in [3.63, 3.8) is 0 Å². The first-order valence-electron chi connectivity index (χ1n) is 5.57. The average Bonchev–Trinajstić information content (AvgIpc) is 2.39. The van der Waals surface area contributed by atoms with Gasteiger partial charge in [0.2, 0.25) is 0 Å². The van der Waals surface area contributed by atoms with Crippen LogP contribution in [0.1, 0.15) is 11.7 Å². The summed E-state index contributed by atoms with van der Waals surface area (Å²) in [6, 6.07) is 15.4. The lowest BCUT2D eigenvalue weighted by molar-refractivity contribution is 0.214. The van der Waals surface area contributed by atoms with E-state index in [-0.39, 0.29) is 6.10 Å². The molecule has 1 unspecified atom stereocenters. The van der Waals surface area contributed by atoms with Gasteiger partial charge in [-0.25, -0.2) is 0 Å². The van der Waals surface area contributed by atoms with Gasteiger partial charge in [0, 0.05) is 11.0 Å². The molecule has 0 spiro atoms. The van der Waals surface area contributed by atoms with Crippen molar-refractivity contribution in [1.29, 1.82) is 0 Å². The predicted octanol–water partition coefficient (Wildman–Crippen LogP) is 4.18. The summed E-state index contributed by atoms with van der Waals surface area (Å²) in [6.07, 6.45) is -0.190. The highest BCUT2D eigenvalue weighted by molar-refractivity contribution is 9.10. The third-order valence-corrected chi connectivity index (χ3v) is 3.34. The fourth-order valence-corrected chi connectivity index (χ4v) is 2.36. The topological polar surface area (TPSA) is 35.2 Å². The van der Waals surface area contributed by atoms with Crippen LogP contribution in [0.4, 0.5) is 0 Å². The van der Waals surface area contributed by atoms with Crippen LogP contribution in [0.25, 0.3) is 0 Å². The second-order valence-electron chi connectivity index (χ2n) is 3.83. The molecule has 0 aromatic heterocycles. The summed E-state index contributed by atoms with van der Waals surface area (Å²) in [6.45, 7) is 0.399. The Kier molecular flexibility index (Phi) is 4.64. The summed E-state index contributed by atoms with van der Waals surface area (Å²) in [5, 5.41) is 0.568. The number of hydrogen-bond donors (Lipinski definition) is 1. The molecule has 4 heteroatoms. The molecule has 2 nitrogen and oxygen atoms in total. The molecule has 2 aromatic rings. The van der Waals surface area contributed by atoms with Crippen LogP contribution in [0.5, 0.6) is 5.75 Å². The highest BCUT2D eigenvalue weighted by atomic mass is 79.9. The van der Waals surface area contributed by atoms with Crippen LogP contribution < -0.4 is 10.5 Å². The van der Waals surface area contributed by atoms with E-state index in [1.807, 2.05) is 42.5 Å². The summed E-state index contributed by atoms with van der Waals surface area (Å²) < 4.78 is 6.78. The molecular weight excluding hydrogens is 314 g/mol. The molecule has 0 aliphatic rings. The minimum Gasteiger partial charge on any atom is -0.483 e. The minimum atomic E-state index is -0.190. The van der Waals surface area contributed by atoms with Crippen LogP contribution in [0, 0.1) is 0 Å². The maximum atomic E-state index is 6.12. The lowest BCUT2D eigenvalue weighted by atomic mass is 10.1. The number of rotatable bonds is 4. The molecule has 0 radical (unpaired) electrons. The van der Waals surface area contributed by atoms with Crippen molar-refractivity contribution in [1.82, 2.24) is 0 Å². The summed E-state index contributed by atoms with van der Waals surface area (Å²) >= 11 is 9.48. The van der Waals surface area contributed by atoms with Crippen molar-refractivity contribution in [2.75, 3.05) is 6.54 Å². The lowest BCUT2D eigenvalue weighted by Crippen LogP contribution is -2.18. The maximum Gasteiger partial charge on any atom is 0.138 e. The zero-order chi connectivity index (χ0) is 13.0. The Morgan fingerprint density at radius 2 is 1.89 bits per heavy atom. The molecule has 94 valence electrons. The third kappa shape index (κ3) is 3.25. The molecule has 0 aliphatic carbocycles. The van der Waals surface area contributed by atoms with E-state index in [0.29, 0.717) is 17.3 Å². The van der Waals surface area contributed by atoms with Crippen LogP contribution in [0.2, 0.25) is 5.02 Å². The minimum absolute atomic E-state index is 0.190. The molecule has 0 heterocycles. The number of hydrogen-bond acceptors (Lipinski definition) is 2. The van der Waals surface area contributed by atoms with Crippen LogP contribution in [-0.4, -0.2) is 6.54 Å². The van der Waals surface area contributed by atoms with Crippen LogP contribution in [0.3, 0.4) is 0 Å². The Labute approximate surface area is 120 Å². The molecule has 18 heavy (non-hydrogen) atoms. The highest BCUT2D eigenvalue weighted by Crippen LogP contribution is 2.31. The fourth-order valence-electron chi connectivity index (χ4n) is 1.64. The smallest absolute Gasteiger partial charge is 0.138 e. The molecule has 0 saturated heterocycles. The molecule has 0 amide bonds. The summed E-state index contributed by atoms with van der Waals surface area (Å²) in [7, 11) is 0. The van der Waals surface area contributed by atoms with Gasteiger partial charge in [-0.1, -0.05) is 57.9 Å². The van der Waals surface area contributed by atoms with Gasteiger partial charge in [0.25, 0.3) is 0 Å². The quantitative estimate of drug-likeness (QED) is 0.914. The largest absolute Gasteiger partial charge is 0.483 e. The van der Waals surface area contributed by atoms with Gasteiger partial charge in [-0.05, 0) is 23.8 Å². The maximum absolute atomic E-state index is 6.12. The Morgan fingerprint density at radius 1 is 1.17 bits per heavy atom. The Morgan fingerprint density at radius 3 is 2.50 bits per heavy atom. The first kappa shape index (κ1) is 13.4. The second-order valence-corrected chi connectivity index (χ2v) is 5.15. The fraction of sp³-hybridized carbons (Fsp3) is 0.143. The molecule has 0 bridgehead atoms. The van der Waals surface area contributed by atoms with E-state index >= 15 is 0 Å². The summed E-state index contributed by atoms with van der Waals surface area (Å²) in [5.74, 6) is 0.638. The van der Waals surface area contributed by atoms with E-state index in [0.717, 1.165) is 10.0 Å². The van der Waals surface area contributed by atoms with E-state index in [1.54, 1.807) is 6.07 Å². The summed E-state index contributed by atoms with van der Waals surface area (Å²) in [4.78, 5) is 0. The van der Waals surface area contributed by atoms with Crippen molar-refractivity contribution in [3.8, 4) is 5.75 Å². The Hall–Kier alpha value is -1.03. The zero-order valence-electron chi connectivity index (χ0n) is 9.64. The number of nitrogens with two attached hydrogens (primary N) is 1. The third-order valence-electron chi connectivity index (χ3n) is 2.55. The Balaban J connectivity index is 2.21. The normalized spacial score (nSPS) is 12.2. The molecule has 0 aliphatic heterocycles. The number of benzene rings is 2. The van der Waals surface area contributed by atoms with Crippen molar-refractivity contribution >= 4 is 27.5 Å². The molecule has 0 saturated carbocycles. The monoisotopic (exact) mass is 325 g/mol. The molecule has 2 aromatic carbocycles. The highest BCUT2D eigenvalue weighted by Gasteiger charge is 2.13. The standard InChI is InChI=1S/C14H13BrClNO/c15-11-6-7-13(12(16)8-11)18-14(9-17)10-4-2-1-3-5-10/h1-8,14H,9,17H2. The molecular formula is C14H13BrClNO. The molecule has 2 N–H and O–H groups in total. The van der Waals surface area contributed by atoms with Gasteiger partial charge in [0.15, 0.2) is 0 Å².